The van der Waals surface area contributed by atoms with Gasteiger partial charge in [-0.3, -0.25) is 4.98 Å². The highest BCUT2D eigenvalue weighted by atomic mass is 32.2. The lowest BCUT2D eigenvalue weighted by atomic mass is 9.96. The van der Waals surface area contributed by atoms with E-state index < -0.39 is 21.6 Å². The number of pyridine rings is 1. The molecular formula is C24H17F3N2O2S2. The summed E-state index contributed by atoms with van der Waals surface area (Å²) in [5, 5.41) is 0.552. The molecule has 2 heterocycles. The first-order valence-corrected chi connectivity index (χ1v) is 12.6. The Balaban J connectivity index is 1.84. The van der Waals surface area contributed by atoms with Crippen LogP contribution in [0.5, 0.6) is 0 Å². The Labute approximate surface area is 193 Å². The Bertz CT molecular complexity index is 1480. The van der Waals surface area contributed by atoms with Gasteiger partial charge in [0.15, 0.2) is 0 Å². The highest BCUT2D eigenvalue weighted by Gasteiger charge is 2.53. The van der Waals surface area contributed by atoms with Crippen LogP contribution in [0.4, 0.5) is 18.9 Å². The molecule has 0 fully saturated rings. The molecular weight excluding hydrogens is 469 g/mol. The zero-order valence-electron chi connectivity index (χ0n) is 17.2. The standard InChI is InChI=1S/C24H17F3N2O2S2/c1-32-21-14-19(17-7-3-2-4-8-18(17)21)20-12-11-16-10-9-15-6-5-13-28-22(15)23(16)29(20)33(30,31)24(25,26)27/h2-14,20H,1H3. The molecule has 168 valence electrons. The minimum Gasteiger partial charge on any atom is -0.254 e. The monoisotopic (exact) mass is 486 g/mol. The highest BCUT2D eigenvalue weighted by Crippen LogP contribution is 2.49. The molecule has 0 radical (unpaired) electrons. The van der Waals surface area contributed by atoms with Crippen LogP contribution in [0.15, 0.2) is 77.8 Å². The third kappa shape index (κ3) is 3.38. The van der Waals surface area contributed by atoms with Crippen molar-refractivity contribution >= 4 is 44.5 Å². The van der Waals surface area contributed by atoms with Crippen LogP contribution in [0.2, 0.25) is 0 Å². The lowest BCUT2D eigenvalue weighted by molar-refractivity contribution is -0.0439. The van der Waals surface area contributed by atoms with Gasteiger partial charge in [0, 0.05) is 22.0 Å². The zero-order valence-corrected chi connectivity index (χ0v) is 18.9. The molecule has 1 aliphatic heterocycles. The summed E-state index contributed by atoms with van der Waals surface area (Å²) in [6, 6.07) is 16.4. The Morgan fingerprint density at radius 3 is 2.48 bits per heavy atom. The first-order valence-electron chi connectivity index (χ1n) is 9.96. The number of fused-ring (bicyclic) bond motifs is 4. The Morgan fingerprint density at radius 1 is 1.00 bits per heavy atom. The van der Waals surface area contributed by atoms with Gasteiger partial charge < -0.3 is 0 Å². The Kier molecular flexibility index (Phi) is 5.13. The van der Waals surface area contributed by atoms with E-state index in [0.717, 1.165) is 10.5 Å². The van der Waals surface area contributed by atoms with Crippen molar-refractivity contribution < 1.29 is 21.6 Å². The third-order valence-corrected chi connectivity index (χ3v) is 7.99. The molecule has 9 heteroatoms. The molecule has 2 aliphatic carbocycles. The maximum Gasteiger partial charge on any atom is 0.516 e. The van der Waals surface area contributed by atoms with Crippen LogP contribution in [0, 0.1) is 0 Å². The molecule has 0 bridgehead atoms. The second-order valence-corrected chi connectivity index (χ2v) is 10.2. The van der Waals surface area contributed by atoms with Gasteiger partial charge in [-0.05, 0) is 35.1 Å². The topological polar surface area (TPSA) is 50.3 Å². The first-order chi connectivity index (χ1) is 15.7. The van der Waals surface area contributed by atoms with E-state index in [9.17, 15) is 21.6 Å². The predicted molar refractivity (Wildman–Crippen MR) is 126 cm³/mol. The molecule has 4 nitrogen and oxygen atoms in total. The number of benzene rings is 1. The summed E-state index contributed by atoms with van der Waals surface area (Å²) in [5.74, 6) is 0. The number of thioether (sulfide) groups is 1. The second kappa shape index (κ2) is 7.78. The van der Waals surface area contributed by atoms with Crippen LogP contribution in [-0.4, -0.2) is 25.2 Å². The molecule has 1 atom stereocenters. The predicted octanol–water partition coefficient (Wildman–Crippen LogP) is 6.49. The summed E-state index contributed by atoms with van der Waals surface area (Å²) in [7, 11) is -5.75. The van der Waals surface area contributed by atoms with Crippen LogP contribution >= 0.6 is 11.8 Å². The molecule has 3 aliphatic rings. The molecule has 2 aromatic rings. The lowest BCUT2D eigenvalue weighted by Gasteiger charge is -2.35. The van der Waals surface area contributed by atoms with Gasteiger partial charge in [0.2, 0.25) is 0 Å². The lowest BCUT2D eigenvalue weighted by Crippen LogP contribution is -2.44. The van der Waals surface area contributed by atoms with Crippen molar-refractivity contribution in [3.63, 3.8) is 0 Å². The normalized spacial score (nSPS) is 16.4. The van der Waals surface area contributed by atoms with Gasteiger partial charge in [-0.2, -0.15) is 21.6 Å². The van der Waals surface area contributed by atoms with Crippen LogP contribution in [-0.2, 0) is 10.0 Å². The largest absolute Gasteiger partial charge is 0.516 e. The maximum atomic E-state index is 14.0. The van der Waals surface area contributed by atoms with Crippen molar-refractivity contribution in [3.05, 3.63) is 84.1 Å². The average Bonchev–Trinajstić information content (AvgIpc) is 2.96. The molecule has 33 heavy (non-hydrogen) atoms. The van der Waals surface area contributed by atoms with E-state index in [1.54, 1.807) is 48.5 Å². The number of aromatic nitrogens is 1. The third-order valence-electron chi connectivity index (χ3n) is 5.70. The summed E-state index contributed by atoms with van der Waals surface area (Å²) in [4.78, 5) is 5.11. The summed E-state index contributed by atoms with van der Waals surface area (Å²) >= 11 is 1.45. The maximum absolute atomic E-state index is 14.0. The van der Waals surface area contributed by atoms with E-state index in [1.807, 2.05) is 24.5 Å². The fourth-order valence-electron chi connectivity index (χ4n) is 4.26. The summed E-state index contributed by atoms with van der Waals surface area (Å²) < 4.78 is 68.4. The fraction of sp³-hybridized carbons (Fsp3) is 0.125. The van der Waals surface area contributed by atoms with Gasteiger partial charge in [0.25, 0.3) is 0 Å². The summed E-state index contributed by atoms with van der Waals surface area (Å²) in [6.45, 7) is 0. The van der Waals surface area contributed by atoms with Crippen LogP contribution in [0.3, 0.4) is 0 Å². The molecule has 0 spiro atoms. The number of hydrogen-bond acceptors (Lipinski definition) is 4. The first kappa shape index (κ1) is 21.8. The number of hydrogen-bond donors (Lipinski definition) is 0. The smallest absolute Gasteiger partial charge is 0.254 e. The molecule has 0 saturated heterocycles. The number of sulfonamides is 1. The quantitative estimate of drug-likeness (QED) is 0.311. The molecule has 0 N–H and O–H groups in total. The summed E-state index contributed by atoms with van der Waals surface area (Å²) in [5.41, 5.74) is -2.98. The fourth-order valence-corrected chi connectivity index (χ4v) is 6.04. The van der Waals surface area contributed by atoms with Gasteiger partial charge in [-0.25, -0.2) is 4.31 Å². The minimum atomic E-state index is -5.75. The van der Waals surface area contributed by atoms with Crippen molar-refractivity contribution in [2.45, 2.75) is 16.4 Å². The van der Waals surface area contributed by atoms with E-state index in [-0.39, 0.29) is 11.2 Å². The molecule has 1 unspecified atom stereocenters. The van der Waals surface area contributed by atoms with Crippen molar-refractivity contribution in [2.75, 3.05) is 10.6 Å². The number of halogens is 3. The van der Waals surface area contributed by atoms with Crippen LogP contribution in [0.1, 0.15) is 17.2 Å². The molecule has 0 amide bonds. The second-order valence-electron chi connectivity index (χ2n) is 7.54. The van der Waals surface area contributed by atoms with Gasteiger partial charge in [0.05, 0.1) is 17.2 Å². The van der Waals surface area contributed by atoms with Gasteiger partial charge in [0.1, 0.15) is 0 Å². The van der Waals surface area contributed by atoms with Crippen molar-refractivity contribution in [1.82, 2.24) is 4.98 Å². The van der Waals surface area contributed by atoms with E-state index in [2.05, 4.69) is 4.98 Å². The Hall–Kier alpha value is -3.04. The van der Waals surface area contributed by atoms with Crippen LogP contribution < -0.4 is 4.31 Å². The average molecular weight is 487 g/mol. The van der Waals surface area contributed by atoms with Gasteiger partial charge in [-0.1, -0.05) is 60.7 Å². The molecule has 0 saturated carbocycles. The minimum absolute atomic E-state index is 0.0710. The van der Waals surface area contributed by atoms with E-state index in [1.165, 1.54) is 24.0 Å². The van der Waals surface area contributed by atoms with Crippen molar-refractivity contribution in [1.29, 1.82) is 0 Å². The van der Waals surface area contributed by atoms with Crippen LogP contribution in [0.25, 0.3) is 28.1 Å². The van der Waals surface area contributed by atoms with Crippen molar-refractivity contribution in [3.8, 4) is 11.1 Å². The van der Waals surface area contributed by atoms with E-state index in [0.29, 0.717) is 26.4 Å². The van der Waals surface area contributed by atoms with Gasteiger partial charge in [-0.15, -0.1) is 11.8 Å². The van der Waals surface area contributed by atoms with Crippen molar-refractivity contribution in [2.24, 2.45) is 0 Å². The molecule has 1 aromatic carbocycles. The van der Waals surface area contributed by atoms with E-state index in [4.69, 9.17) is 0 Å². The summed E-state index contributed by atoms with van der Waals surface area (Å²) in [6.07, 6.45) is 6.49. The Morgan fingerprint density at radius 2 is 1.76 bits per heavy atom. The molecule has 1 aromatic heterocycles. The zero-order chi connectivity index (χ0) is 23.4. The van der Waals surface area contributed by atoms with Gasteiger partial charge >= 0.3 is 15.5 Å². The number of alkyl halides is 3. The molecule has 5 rings (SSSR count). The van der Waals surface area contributed by atoms with E-state index >= 15 is 0 Å². The number of nitrogens with zero attached hydrogens (tertiary/aromatic N) is 2. The highest BCUT2D eigenvalue weighted by molar-refractivity contribution is 7.98. The number of anilines is 1. The SMILES string of the molecule is CSc1cc(C2C=Cc3ccc4cccnc4c3N2S(=O)(=O)C(F)(F)F)c2cccccc1-2. The number of rotatable bonds is 3.